The van der Waals surface area contributed by atoms with E-state index in [0.29, 0.717) is 18.1 Å². The molecule has 3 N–H and O–H groups in total. The van der Waals surface area contributed by atoms with Crippen LogP contribution in [0.2, 0.25) is 0 Å². The molecule has 0 saturated heterocycles. The number of hydrogen-bond acceptors (Lipinski definition) is 8. The van der Waals surface area contributed by atoms with Gasteiger partial charge in [0.2, 0.25) is 11.3 Å². The molecule has 3 aromatic rings. The Labute approximate surface area is 140 Å². The van der Waals surface area contributed by atoms with Crippen LogP contribution in [-0.2, 0) is 6.54 Å². The highest BCUT2D eigenvalue weighted by molar-refractivity contribution is 6.04. The van der Waals surface area contributed by atoms with Crippen molar-refractivity contribution in [2.45, 2.75) is 13.5 Å². The number of H-pyrrole nitrogens is 1. The minimum atomic E-state index is -0.686. The summed E-state index contributed by atoms with van der Waals surface area (Å²) in [6.07, 6.45) is 1.33. The van der Waals surface area contributed by atoms with Crippen LogP contribution in [0.25, 0.3) is 11.0 Å². The molecule has 0 fully saturated rings. The van der Waals surface area contributed by atoms with E-state index in [9.17, 15) is 14.7 Å². The van der Waals surface area contributed by atoms with Crippen molar-refractivity contribution in [2.75, 3.05) is 18.5 Å². The Hall–Kier alpha value is -3.34. The summed E-state index contributed by atoms with van der Waals surface area (Å²) < 4.78 is 6.86. The van der Waals surface area contributed by atoms with Crippen molar-refractivity contribution in [3.8, 4) is 5.88 Å². The molecule has 11 nitrogen and oxygen atoms in total. The Balaban J connectivity index is 2.10. The number of carbonyl (C=O) groups is 1. The predicted octanol–water partition coefficient (Wildman–Crippen LogP) is -0.447. The first kappa shape index (κ1) is 16.5. The Kier molecular flexibility index (Phi) is 4.66. The second-order valence-electron chi connectivity index (χ2n) is 4.93. The molecule has 0 aliphatic carbocycles. The summed E-state index contributed by atoms with van der Waals surface area (Å²) in [6, 6.07) is 3.09. The number of aromatic nitrogens is 6. The number of nitrogens with one attached hydrogen (secondary N) is 2. The summed E-state index contributed by atoms with van der Waals surface area (Å²) in [5.41, 5.74) is -0.307. The monoisotopic (exact) mass is 345 g/mol. The highest BCUT2D eigenvalue weighted by Crippen LogP contribution is 2.15. The SMILES string of the molecule is CCOc1ccc2c(=O)c(C(=O)Nc3nn[nH]n3)cn(CCO)c2n1. The average Bonchev–Trinajstić information content (AvgIpc) is 3.10. The zero-order valence-electron chi connectivity index (χ0n) is 13.3. The van der Waals surface area contributed by atoms with E-state index in [4.69, 9.17) is 4.74 Å². The van der Waals surface area contributed by atoms with Gasteiger partial charge in [-0.25, -0.2) is 0 Å². The van der Waals surface area contributed by atoms with Gasteiger partial charge in [0.25, 0.3) is 11.9 Å². The van der Waals surface area contributed by atoms with Crippen molar-refractivity contribution < 1.29 is 14.6 Å². The van der Waals surface area contributed by atoms with E-state index < -0.39 is 11.3 Å². The third kappa shape index (κ3) is 3.30. The number of aromatic amines is 1. The Bertz CT molecular complexity index is 952. The number of fused-ring (bicyclic) bond motifs is 1. The van der Waals surface area contributed by atoms with Gasteiger partial charge in [0, 0.05) is 18.8 Å². The number of anilines is 1. The van der Waals surface area contributed by atoms with Gasteiger partial charge in [-0.2, -0.15) is 10.2 Å². The molecule has 3 aromatic heterocycles. The number of nitrogens with zero attached hydrogens (tertiary/aromatic N) is 5. The first-order valence-corrected chi connectivity index (χ1v) is 7.46. The number of carbonyl (C=O) groups excluding carboxylic acids is 1. The van der Waals surface area contributed by atoms with Gasteiger partial charge in [-0.1, -0.05) is 5.10 Å². The maximum atomic E-state index is 12.6. The lowest BCUT2D eigenvalue weighted by Gasteiger charge is -2.12. The van der Waals surface area contributed by atoms with Gasteiger partial charge >= 0.3 is 0 Å². The molecule has 0 unspecified atom stereocenters. The highest BCUT2D eigenvalue weighted by atomic mass is 16.5. The number of aliphatic hydroxyl groups excluding tert-OH is 1. The molecule has 3 rings (SSSR count). The van der Waals surface area contributed by atoms with E-state index in [-0.39, 0.29) is 30.0 Å². The lowest BCUT2D eigenvalue weighted by atomic mass is 10.2. The van der Waals surface area contributed by atoms with E-state index in [0.717, 1.165) is 0 Å². The summed E-state index contributed by atoms with van der Waals surface area (Å²) in [4.78, 5) is 29.3. The molecule has 11 heteroatoms. The highest BCUT2D eigenvalue weighted by Gasteiger charge is 2.18. The minimum Gasteiger partial charge on any atom is -0.478 e. The minimum absolute atomic E-state index is 0.0528. The quantitative estimate of drug-likeness (QED) is 0.544. The molecule has 0 bridgehead atoms. The summed E-state index contributed by atoms with van der Waals surface area (Å²) in [5, 5.41) is 24.6. The Morgan fingerprint density at radius 3 is 2.96 bits per heavy atom. The number of aliphatic hydroxyl groups is 1. The number of tetrazole rings is 1. The molecule has 0 aromatic carbocycles. The van der Waals surface area contributed by atoms with E-state index in [2.05, 4.69) is 30.9 Å². The molecule has 0 aliphatic rings. The van der Waals surface area contributed by atoms with Gasteiger partial charge < -0.3 is 14.4 Å². The largest absolute Gasteiger partial charge is 0.478 e. The molecule has 0 spiro atoms. The van der Waals surface area contributed by atoms with Crippen LogP contribution in [0.1, 0.15) is 17.3 Å². The lowest BCUT2D eigenvalue weighted by molar-refractivity contribution is 0.102. The van der Waals surface area contributed by atoms with E-state index >= 15 is 0 Å². The molecule has 0 radical (unpaired) electrons. The maximum Gasteiger partial charge on any atom is 0.270 e. The molecular weight excluding hydrogens is 330 g/mol. The summed E-state index contributed by atoms with van der Waals surface area (Å²) in [7, 11) is 0. The zero-order valence-corrected chi connectivity index (χ0v) is 13.3. The van der Waals surface area contributed by atoms with Crippen LogP contribution < -0.4 is 15.5 Å². The Morgan fingerprint density at radius 1 is 1.44 bits per heavy atom. The normalized spacial score (nSPS) is 10.8. The number of hydrogen-bond donors (Lipinski definition) is 3. The van der Waals surface area contributed by atoms with Crippen molar-refractivity contribution in [3.63, 3.8) is 0 Å². The predicted molar refractivity (Wildman–Crippen MR) is 86.4 cm³/mol. The van der Waals surface area contributed by atoms with Gasteiger partial charge in [-0.05, 0) is 18.2 Å². The summed E-state index contributed by atoms with van der Waals surface area (Å²) in [5.74, 6) is -0.387. The van der Waals surface area contributed by atoms with E-state index in [1.165, 1.54) is 16.8 Å². The first-order valence-electron chi connectivity index (χ1n) is 7.46. The topological polar surface area (TPSA) is 148 Å². The second-order valence-corrected chi connectivity index (χ2v) is 4.93. The molecule has 25 heavy (non-hydrogen) atoms. The molecule has 1 amide bonds. The molecule has 0 saturated carbocycles. The number of pyridine rings is 2. The molecule has 130 valence electrons. The van der Waals surface area contributed by atoms with Gasteiger partial charge in [0.05, 0.1) is 18.6 Å². The molecule has 0 atom stereocenters. The van der Waals surface area contributed by atoms with Crippen molar-refractivity contribution in [1.29, 1.82) is 0 Å². The van der Waals surface area contributed by atoms with Crippen molar-refractivity contribution >= 4 is 22.9 Å². The van der Waals surface area contributed by atoms with Crippen molar-refractivity contribution in [3.05, 3.63) is 34.1 Å². The Morgan fingerprint density at radius 2 is 2.28 bits per heavy atom. The van der Waals surface area contributed by atoms with Gasteiger partial charge in [-0.3, -0.25) is 14.9 Å². The van der Waals surface area contributed by atoms with Crippen LogP contribution in [0.4, 0.5) is 5.95 Å². The third-order valence-electron chi connectivity index (χ3n) is 3.34. The van der Waals surface area contributed by atoms with Crippen molar-refractivity contribution in [2.24, 2.45) is 0 Å². The fraction of sp³-hybridized carbons (Fsp3) is 0.286. The van der Waals surface area contributed by atoms with Crippen molar-refractivity contribution in [1.82, 2.24) is 30.2 Å². The van der Waals surface area contributed by atoms with Gasteiger partial charge in [0.1, 0.15) is 11.2 Å². The van der Waals surface area contributed by atoms with Crippen LogP contribution in [0, 0.1) is 0 Å². The molecule has 3 heterocycles. The lowest BCUT2D eigenvalue weighted by Crippen LogP contribution is -2.25. The standard InChI is InChI=1S/C14H15N7O4/c1-2-25-10-4-3-8-11(23)9(7-21(5-6-22)12(8)15-10)13(24)16-14-17-19-20-18-14/h3-4,7,22H,2,5-6H2,1H3,(H2,16,17,18,19,20,24). The number of rotatable bonds is 6. The van der Waals surface area contributed by atoms with Gasteiger partial charge in [0.15, 0.2) is 0 Å². The number of ether oxygens (including phenoxy) is 1. The smallest absolute Gasteiger partial charge is 0.270 e. The van der Waals surface area contributed by atoms with Crippen LogP contribution in [-0.4, -0.2) is 54.4 Å². The molecule has 0 aliphatic heterocycles. The zero-order chi connectivity index (χ0) is 17.8. The first-order chi connectivity index (χ1) is 12.1. The third-order valence-corrected chi connectivity index (χ3v) is 3.34. The van der Waals surface area contributed by atoms with Gasteiger partial charge in [-0.15, -0.1) is 5.10 Å². The van der Waals surface area contributed by atoms with Crippen LogP contribution in [0.3, 0.4) is 0 Å². The maximum absolute atomic E-state index is 12.6. The van der Waals surface area contributed by atoms with Crippen LogP contribution in [0.5, 0.6) is 5.88 Å². The fourth-order valence-electron chi connectivity index (χ4n) is 2.30. The fourth-order valence-corrected chi connectivity index (χ4v) is 2.30. The molecular formula is C14H15N7O4. The van der Waals surface area contributed by atoms with E-state index in [1.807, 2.05) is 6.92 Å². The van der Waals surface area contributed by atoms with E-state index in [1.54, 1.807) is 6.07 Å². The van der Waals surface area contributed by atoms with Crippen LogP contribution in [0.15, 0.2) is 23.1 Å². The summed E-state index contributed by atoms with van der Waals surface area (Å²) >= 11 is 0. The number of amides is 1. The average molecular weight is 345 g/mol. The second kappa shape index (κ2) is 7.05. The summed E-state index contributed by atoms with van der Waals surface area (Å²) in [6.45, 7) is 2.21. The van der Waals surface area contributed by atoms with Crippen LogP contribution >= 0.6 is 0 Å².